The van der Waals surface area contributed by atoms with Gasteiger partial charge in [0.15, 0.2) is 0 Å². The first-order valence-corrected chi connectivity index (χ1v) is 9.36. The van der Waals surface area contributed by atoms with Crippen molar-refractivity contribution in [3.05, 3.63) is 0 Å². The first-order valence-electron chi connectivity index (χ1n) is 3.96. The maximum absolute atomic E-state index is 12.4. The van der Waals surface area contributed by atoms with Gasteiger partial charge < -0.3 is 0 Å². The molecular weight excluding hydrogens is 435 g/mol. The normalized spacial score (nSPS) is 14.7. The number of hydrogen-bond acceptors (Lipinski definition) is 4. The molecule has 0 aromatic heterocycles. The summed E-state index contributed by atoms with van der Waals surface area (Å²) in [4.78, 5) is 20.3. The molecule has 0 saturated carbocycles. The molecule has 0 aromatic rings. The van der Waals surface area contributed by atoms with E-state index in [1.54, 1.807) is 0 Å². The number of rotatable bonds is 2. The maximum atomic E-state index is 12.4. The number of hydrogen-bond donors (Lipinski definition) is 0. The van der Waals surface area contributed by atoms with Crippen molar-refractivity contribution in [1.82, 2.24) is 0 Å². The van der Waals surface area contributed by atoms with Gasteiger partial charge in [0.2, 0.25) is 0 Å². The molecule has 0 fully saturated rings. The first-order chi connectivity index (χ1) is 8.51. The van der Waals surface area contributed by atoms with Gasteiger partial charge in [-0.05, 0) is 0 Å². The molecule has 0 rings (SSSR count). The summed E-state index contributed by atoms with van der Waals surface area (Å²) in [6.07, 6.45) is -11.8. The second-order valence-corrected chi connectivity index (χ2v) is 9.64. The Labute approximate surface area is 108 Å². The molecule has 20 heavy (non-hydrogen) atoms. The third kappa shape index (κ3) is 4.89. The van der Waals surface area contributed by atoms with Crippen LogP contribution in [0.5, 0.6) is 0 Å². The third-order valence-corrected chi connectivity index (χ3v) is 6.43. The molecule has 14 heteroatoms. The quantitative estimate of drug-likeness (QED) is 0.492. The van der Waals surface area contributed by atoms with E-state index >= 15 is 0 Å². The van der Waals surface area contributed by atoms with Gasteiger partial charge in [-0.25, -0.2) is 0 Å². The standard InChI is InChI=1S/C6H3F9O4Te/c1-20(6(13,14)15,18-2(16)4(7,8)9)19-3(17)5(10,11)12/h1H3. The Morgan fingerprint density at radius 2 is 1.00 bits per heavy atom. The van der Waals surface area contributed by atoms with E-state index in [9.17, 15) is 49.1 Å². The summed E-state index contributed by atoms with van der Waals surface area (Å²) in [5.74, 6) is -6.79. The van der Waals surface area contributed by atoms with Crippen molar-refractivity contribution in [2.45, 2.75) is 21.5 Å². The number of carbonyl (C=O) groups is 2. The zero-order valence-electron chi connectivity index (χ0n) is 8.94. The van der Waals surface area contributed by atoms with Crippen molar-refractivity contribution < 1.29 is 55.3 Å². The van der Waals surface area contributed by atoms with E-state index in [-0.39, 0.29) is 4.97 Å². The van der Waals surface area contributed by atoms with Gasteiger partial charge in [0.1, 0.15) is 0 Å². The van der Waals surface area contributed by atoms with Gasteiger partial charge in [-0.3, -0.25) is 0 Å². The Hall–Kier alpha value is -0.900. The molecule has 0 atom stereocenters. The summed E-state index contributed by atoms with van der Waals surface area (Å²) in [5.41, 5.74) is 0. The van der Waals surface area contributed by atoms with Crippen LogP contribution in [-0.4, -0.2) is 47.5 Å². The van der Waals surface area contributed by atoms with Crippen LogP contribution < -0.4 is 0 Å². The molecule has 0 aliphatic rings. The number of alkyl halides is 9. The Bertz CT molecular complexity index is 367. The van der Waals surface area contributed by atoms with Crippen LogP contribution in [0.2, 0.25) is 4.97 Å². The Morgan fingerprint density at radius 1 is 0.750 bits per heavy atom. The van der Waals surface area contributed by atoms with Crippen LogP contribution in [0.4, 0.5) is 39.5 Å². The summed E-state index contributed by atoms with van der Waals surface area (Å²) in [7, 11) is 0. The molecule has 0 heterocycles. The van der Waals surface area contributed by atoms with Crippen LogP contribution in [0.25, 0.3) is 0 Å². The molecule has 4 nitrogen and oxygen atoms in total. The molecule has 0 aliphatic heterocycles. The van der Waals surface area contributed by atoms with Gasteiger partial charge in [-0.2, -0.15) is 0 Å². The molecule has 0 saturated heterocycles. The van der Waals surface area contributed by atoms with E-state index in [0.717, 1.165) is 0 Å². The number of carbonyl (C=O) groups excluding carboxylic acids is 2. The molecule has 120 valence electrons. The van der Waals surface area contributed by atoms with Crippen molar-refractivity contribution in [2.24, 2.45) is 0 Å². The van der Waals surface area contributed by atoms with E-state index in [1.165, 1.54) is 0 Å². The topological polar surface area (TPSA) is 52.6 Å². The van der Waals surface area contributed by atoms with Crippen LogP contribution in [0, 0.1) is 0 Å². The molecular formula is C6H3F9O4Te. The predicted octanol–water partition coefficient (Wildman–Crippen LogP) is 2.37. The minimum absolute atomic E-state index is 0.296. The fourth-order valence-electron chi connectivity index (χ4n) is 0.495. The Kier molecular flexibility index (Phi) is 5.23. The summed E-state index contributed by atoms with van der Waals surface area (Å²) in [6, 6.07) is 0. The molecule has 0 radical (unpaired) electrons. The Balaban J connectivity index is 5.36. The van der Waals surface area contributed by atoms with Crippen LogP contribution >= 0.6 is 0 Å². The average molecular weight is 438 g/mol. The van der Waals surface area contributed by atoms with Gasteiger partial charge in [0.25, 0.3) is 0 Å². The fraction of sp³-hybridized carbons (Fsp3) is 0.667. The molecule has 0 N–H and O–H groups in total. The summed E-state index contributed by atoms with van der Waals surface area (Å²) in [5, 5.41) is 0. The van der Waals surface area contributed by atoms with Crippen LogP contribution in [0.3, 0.4) is 0 Å². The van der Waals surface area contributed by atoms with Crippen LogP contribution in [0.15, 0.2) is 0 Å². The third-order valence-electron chi connectivity index (χ3n) is 1.35. The molecule has 0 aromatic carbocycles. The van der Waals surface area contributed by atoms with Gasteiger partial charge in [-0.15, -0.1) is 0 Å². The zero-order valence-corrected chi connectivity index (χ0v) is 11.3. The van der Waals surface area contributed by atoms with E-state index in [2.05, 4.69) is 6.20 Å². The zero-order chi connectivity index (χ0) is 16.6. The van der Waals surface area contributed by atoms with E-state index in [0.29, 0.717) is 0 Å². The van der Waals surface area contributed by atoms with Gasteiger partial charge in [-0.1, -0.05) is 0 Å². The van der Waals surface area contributed by atoms with Crippen LogP contribution in [-0.2, 0) is 15.8 Å². The van der Waals surface area contributed by atoms with E-state index < -0.39 is 47.5 Å². The van der Waals surface area contributed by atoms with Crippen molar-refractivity contribution in [2.75, 3.05) is 0 Å². The van der Waals surface area contributed by atoms with Crippen LogP contribution in [0.1, 0.15) is 0 Å². The van der Waals surface area contributed by atoms with Gasteiger partial charge in [0, 0.05) is 0 Å². The van der Waals surface area contributed by atoms with Gasteiger partial charge >= 0.3 is 108 Å². The molecule has 0 amide bonds. The molecule has 0 bridgehead atoms. The van der Waals surface area contributed by atoms with Crippen molar-refractivity contribution >= 4 is 30.9 Å². The second-order valence-electron chi connectivity index (χ2n) is 2.96. The summed E-state index contributed by atoms with van der Waals surface area (Å²) in [6.45, 7) is 0. The monoisotopic (exact) mass is 440 g/mol. The van der Waals surface area contributed by atoms with E-state index in [4.69, 9.17) is 0 Å². The SMILES string of the molecule is C[Te](OC(=O)C(F)(F)F)(OC(=O)C(F)(F)F)C(F)(F)F. The molecule has 0 unspecified atom stereocenters. The minimum atomic E-state index is -7.06. The fourth-order valence-corrected chi connectivity index (χ4v) is 3.32. The average Bonchev–Trinajstić information content (AvgIpc) is 2.12. The van der Waals surface area contributed by atoms with Crippen molar-refractivity contribution in [3.63, 3.8) is 0 Å². The number of halogens is 9. The summed E-state index contributed by atoms with van der Waals surface area (Å²) < 4.78 is 108. The molecule has 0 aliphatic carbocycles. The predicted molar refractivity (Wildman–Crippen MR) is 42.0 cm³/mol. The van der Waals surface area contributed by atoms with Crippen molar-refractivity contribution in [1.29, 1.82) is 0 Å². The second kappa shape index (κ2) is 5.47. The van der Waals surface area contributed by atoms with Gasteiger partial charge in [0.05, 0.1) is 0 Å². The molecule has 0 spiro atoms. The van der Waals surface area contributed by atoms with Crippen molar-refractivity contribution in [3.8, 4) is 0 Å². The summed E-state index contributed by atoms with van der Waals surface area (Å²) >= 11 is -7.06. The Morgan fingerprint density at radius 3 is 1.15 bits per heavy atom. The first kappa shape index (κ1) is 19.1. The van der Waals surface area contributed by atoms with E-state index in [1.807, 2.05) is 0 Å².